The third kappa shape index (κ3) is 4.92. The van der Waals surface area contributed by atoms with Gasteiger partial charge in [-0.3, -0.25) is 0 Å². The van der Waals surface area contributed by atoms with E-state index in [1.54, 1.807) is 11.3 Å². The molecule has 0 amide bonds. The van der Waals surface area contributed by atoms with Crippen molar-refractivity contribution in [1.29, 1.82) is 0 Å². The molecule has 1 heterocycles. The molecule has 0 aliphatic carbocycles. The molecule has 0 aliphatic rings. The van der Waals surface area contributed by atoms with E-state index in [1.165, 1.54) is 21.6 Å². The molecule has 2 rings (SSSR count). The molecule has 0 radical (unpaired) electrons. The molecule has 4 heteroatoms. The van der Waals surface area contributed by atoms with Crippen LogP contribution in [0, 0.1) is 13.8 Å². The van der Waals surface area contributed by atoms with Gasteiger partial charge in [0, 0.05) is 17.5 Å². The lowest BCUT2D eigenvalue weighted by Crippen LogP contribution is -2.32. The normalized spacial score (nSPS) is 14.0. The van der Waals surface area contributed by atoms with Gasteiger partial charge in [0.1, 0.15) is 0 Å². The van der Waals surface area contributed by atoms with E-state index in [9.17, 15) is 5.11 Å². The highest BCUT2D eigenvalue weighted by atomic mass is 32.1. The molecule has 2 atom stereocenters. The van der Waals surface area contributed by atoms with Gasteiger partial charge in [-0.1, -0.05) is 24.3 Å². The van der Waals surface area contributed by atoms with Crippen LogP contribution in [0.3, 0.4) is 0 Å². The summed E-state index contributed by atoms with van der Waals surface area (Å²) < 4.78 is 5.54. The second kappa shape index (κ2) is 8.44. The van der Waals surface area contributed by atoms with E-state index in [0.29, 0.717) is 19.8 Å². The molecule has 120 valence electrons. The van der Waals surface area contributed by atoms with E-state index in [-0.39, 0.29) is 6.04 Å². The average molecular weight is 319 g/mol. The van der Waals surface area contributed by atoms with Crippen molar-refractivity contribution in [3.63, 3.8) is 0 Å². The molecule has 2 unspecified atom stereocenters. The maximum Gasteiger partial charge on any atom is 0.0898 e. The third-order valence-corrected chi connectivity index (χ3v) is 4.76. The second-order valence-electron chi connectivity index (χ2n) is 5.67. The number of aliphatic hydroxyl groups excluding tert-OH is 1. The van der Waals surface area contributed by atoms with Crippen molar-refractivity contribution in [3.8, 4) is 0 Å². The van der Waals surface area contributed by atoms with E-state index in [1.807, 2.05) is 17.5 Å². The summed E-state index contributed by atoms with van der Waals surface area (Å²) in [6, 6.07) is 10.6. The zero-order valence-electron chi connectivity index (χ0n) is 13.5. The Kier molecular flexibility index (Phi) is 6.58. The Labute approximate surface area is 137 Å². The maximum atomic E-state index is 10.0. The number of nitrogens with one attached hydrogen (secondary N) is 1. The van der Waals surface area contributed by atoms with E-state index < -0.39 is 6.10 Å². The molecule has 1 aromatic heterocycles. The molecule has 22 heavy (non-hydrogen) atoms. The maximum absolute atomic E-state index is 10.0. The molecule has 0 bridgehead atoms. The van der Waals surface area contributed by atoms with Crippen LogP contribution in [-0.2, 0) is 11.3 Å². The fourth-order valence-electron chi connectivity index (χ4n) is 2.41. The van der Waals surface area contributed by atoms with Crippen molar-refractivity contribution < 1.29 is 9.84 Å². The van der Waals surface area contributed by atoms with Gasteiger partial charge in [-0.2, -0.15) is 0 Å². The lowest BCUT2D eigenvalue weighted by molar-refractivity contribution is 0.0288. The average Bonchev–Trinajstić information content (AvgIpc) is 3.01. The molecule has 0 saturated heterocycles. The van der Waals surface area contributed by atoms with Crippen LogP contribution in [0.2, 0.25) is 0 Å². The van der Waals surface area contributed by atoms with Crippen molar-refractivity contribution in [3.05, 3.63) is 57.3 Å². The summed E-state index contributed by atoms with van der Waals surface area (Å²) in [7, 11) is 0. The lowest BCUT2D eigenvalue weighted by Gasteiger charge is -2.20. The number of thiophene rings is 1. The third-order valence-electron chi connectivity index (χ3n) is 3.91. The summed E-state index contributed by atoms with van der Waals surface area (Å²) in [5, 5.41) is 15.4. The monoisotopic (exact) mass is 319 g/mol. The zero-order chi connectivity index (χ0) is 15.9. The largest absolute Gasteiger partial charge is 0.389 e. The van der Waals surface area contributed by atoms with Gasteiger partial charge < -0.3 is 15.2 Å². The predicted octanol–water partition coefficient (Wildman–Crippen LogP) is 3.59. The lowest BCUT2D eigenvalue weighted by atomic mass is 9.98. The van der Waals surface area contributed by atoms with Gasteiger partial charge >= 0.3 is 0 Å². The predicted molar refractivity (Wildman–Crippen MR) is 92.3 cm³/mol. The number of hydrogen-bond acceptors (Lipinski definition) is 4. The number of hydrogen-bond donors (Lipinski definition) is 2. The highest BCUT2D eigenvalue weighted by Gasteiger charge is 2.11. The SMILES string of the molecule is Cc1cccc(C(C)NCC(O)COCc2cccs2)c1C. The molecule has 0 saturated carbocycles. The minimum absolute atomic E-state index is 0.215. The Morgan fingerprint density at radius 1 is 1.23 bits per heavy atom. The molecular weight excluding hydrogens is 294 g/mol. The topological polar surface area (TPSA) is 41.5 Å². The molecule has 2 N–H and O–H groups in total. The second-order valence-corrected chi connectivity index (χ2v) is 6.70. The van der Waals surface area contributed by atoms with Crippen LogP contribution in [0.5, 0.6) is 0 Å². The molecule has 3 nitrogen and oxygen atoms in total. The van der Waals surface area contributed by atoms with Crippen LogP contribution in [0.25, 0.3) is 0 Å². The first kappa shape index (κ1) is 17.2. The Morgan fingerprint density at radius 3 is 2.77 bits per heavy atom. The minimum Gasteiger partial charge on any atom is -0.389 e. The fourth-order valence-corrected chi connectivity index (χ4v) is 3.06. The summed E-state index contributed by atoms with van der Waals surface area (Å²) in [6.45, 7) is 7.84. The minimum atomic E-state index is -0.493. The van der Waals surface area contributed by atoms with Gasteiger partial charge in [0.25, 0.3) is 0 Å². The fraction of sp³-hybridized carbons (Fsp3) is 0.444. The van der Waals surface area contributed by atoms with E-state index >= 15 is 0 Å². The summed E-state index contributed by atoms with van der Waals surface area (Å²) in [6.07, 6.45) is -0.493. The first-order valence-electron chi connectivity index (χ1n) is 7.65. The first-order chi connectivity index (χ1) is 10.6. The zero-order valence-corrected chi connectivity index (χ0v) is 14.3. The molecular formula is C18H25NO2S. The van der Waals surface area contributed by atoms with Crippen LogP contribution >= 0.6 is 11.3 Å². The number of ether oxygens (including phenoxy) is 1. The summed E-state index contributed by atoms with van der Waals surface area (Å²) in [4.78, 5) is 1.18. The first-order valence-corrected chi connectivity index (χ1v) is 8.53. The summed E-state index contributed by atoms with van der Waals surface area (Å²) >= 11 is 1.67. The summed E-state index contributed by atoms with van der Waals surface area (Å²) in [5.74, 6) is 0. The van der Waals surface area contributed by atoms with Crippen molar-refractivity contribution >= 4 is 11.3 Å². The van der Waals surface area contributed by atoms with Gasteiger partial charge in [-0.05, 0) is 48.9 Å². The van der Waals surface area contributed by atoms with Crippen LogP contribution in [0.4, 0.5) is 0 Å². The van der Waals surface area contributed by atoms with Gasteiger partial charge in [-0.15, -0.1) is 11.3 Å². The Balaban J connectivity index is 1.73. The smallest absolute Gasteiger partial charge is 0.0898 e. The molecule has 1 aromatic carbocycles. The van der Waals surface area contributed by atoms with Crippen LogP contribution in [0.1, 0.15) is 34.5 Å². The Bertz CT molecular complexity index is 568. The quantitative estimate of drug-likeness (QED) is 0.781. The van der Waals surface area contributed by atoms with Crippen molar-refractivity contribution in [2.24, 2.45) is 0 Å². The highest BCUT2D eigenvalue weighted by Crippen LogP contribution is 2.19. The Morgan fingerprint density at radius 2 is 2.05 bits per heavy atom. The number of aryl methyl sites for hydroxylation is 1. The standard InChI is InChI=1S/C18H25NO2S/c1-13-6-4-8-18(14(13)2)15(3)19-10-16(20)11-21-12-17-7-5-9-22-17/h4-9,15-16,19-20H,10-12H2,1-3H3. The number of rotatable bonds is 8. The van der Waals surface area contributed by atoms with Gasteiger partial charge in [0.05, 0.1) is 19.3 Å². The number of aliphatic hydroxyl groups is 1. The van der Waals surface area contributed by atoms with E-state index in [0.717, 1.165) is 0 Å². The highest BCUT2D eigenvalue weighted by molar-refractivity contribution is 7.09. The van der Waals surface area contributed by atoms with Crippen molar-refractivity contribution in [2.45, 2.75) is 39.5 Å². The number of benzene rings is 1. The van der Waals surface area contributed by atoms with Gasteiger partial charge in [-0.25, -0.2) is 0 Å². The van der Waals surface area contributed by atoms with E-state index in [2.05, 4.69) is 44.3 Å². The Hall–Kier alpha value is -1.20. The summed E-state index contributed by atoms with van der Waals surface area (Å²) in [5.41, 5.74) is 3.89. The van der Waals surface area contributed by atoms with Crippen LogP contribution < -0.4 is 5.32 Å². The van der Waals surface area contributed by atoms with Gasteiger partial charge in [0.15, 0.2) is 0 Å². The van der Waals surface area contributed by atoms with E-state index in [4.69, 9.17) is 4.74 Å². The molecule has 2 aromatic rings. The molecule has 0 spiro atoms. The van der Waals surface area contributed by atoms with Crippen molar-refractivity contribution in [1.82, 2.24) is 5.32 Å². The molecule has 0 fully saturated rings. The van der Waals surface area contributed by atoms with Crippen LogP contribution in [-0.4, -0.2) is 24.4 Å². The van der Waals surface area contributed by atoms with Gasteiger partial charge in [0.2, 0.25) is 0 Å². The molecule has 0 aliphatic heterocycles. The van der Waals surface area contributed by atoms with Crippen molar-refractivity contribution in [2.75, 3.05) is 13.2 Å². The van der Waals surface area contributed by atoms with Crippen LogP contribution in [0.15, 0.2) is 35.7 Å².